The maximum absolute atomic E-state index is 12.3. The minimum absolute atomic E-state index is 0.0289. The second kappa shape index (κ2) is 12.1. The van der Waals surface area contributed by atoms with Crippen molar-refractivity contribution in [2.45, 2.75) is 58.5 Å². The van der Waals surface area contributed by atoms with E-state index in [-0.39, 0.29) is 18.6 Å². The Morgan fingerprint density at radius 1 is 1.07 bits per heavy atom. The predicted molar refractivity (Wildman–Crippen MR) is 117 cm³/mol. The van der Waals surface area contributed by atoms with E-state index in [0.29, 0.717) is 16.4 Å². The van der Waals surface area contributed by atoms with Gasteiger partial charge in [-0.1, -0.05) is 55.6 Å². The number of ketones is 1. The van der Waals surface area contributed by atoms with E-state index in [1.807, 2.05) is 12.1 Å². The minimum Gasteiger partial charge on any atom is -0.453 e. The largest absolute Gasteiger partial charge is 0.453 e. The van der Waals surface area contributed by atoms with Crippen molar-refractivity contribution < 1.29 is 19.1 Å². The first-order valence-electron chi connectivity index (χ1n) is 10.1. The third kappa shape index (κ3) is 7.95. The van der Waals surface area contributed by atoms with Crippen molar-refractivity contribution in [3.63, 3.8) is 0 Å². The van der Waals surface area contributed by atoms with E-state index >= 15 is 0 Å². The highest BCUT2D eigenvalue weighted by molar-refractivity contribution is 6.30. The second-order valence-electron chi connectivity index (χ2n) is 7.06. The number of nitrogens with zero attached hydrogens (tertiary/aromatic N) is 1. The molecule has 1 amide bonds. The van der Waals surface area contributed by atoms with Crippen molar-refractivity contribution >= 4 is 35.1 Å². The summed E-state index contributed by atoms with van der Waals surface area (Å²) in [5, 5.41) is 2.98. The lowest BCUT2D eigenvalue weighted by molar-refractivity contribution is -0.153. The van der Waals surface area contributed by atoms with Crippen LogP contribution in [0.1, 0.15) is 61.9 Å². The lowest BCUT2D eigenvalue weighted by Gasteiger charge is -2.13. The summed E-state index contributed by atoms with van der Waals surface area (Å²) in [5.41, 5.74) is 1.77. The highest BCUT2D eigenvalue weighted by Crippen LogP contribution is 2.13. The Labute approximate surface area is 182 Å². The Bertz CT molecular complexity index is 851. The molecular formula is C23H27ClN2O4. The molecule has 0 bridgehead atoms. The number of amides is 1. The van der Waals surface area contributed by atoms with Crippen LogP contribution >= 0.6 is 11.6 Å². The molecule has 30 heavy (non-hydrogen) atoms. The number of aromatic nitrogens is 1. The third-order valence-electron chi connectivity index (χ3n) is 4.56. The number of ether oxygens (including phenoxy) is 1. The van der Waals surface area contributed by atoms with Crippen LogP contribution in [-0.2, 0) is 20.7 Å². The molecule has 7 heteroatoms. The number of hydrogen-bond donors (Lipinski definition) is 1. The number of halogens is 1. The van der Waals surface area contributed by atoms with Crippen LogP contribution in [0, 0.1) is 0 Å². The third-order valence-corrected chi connectivity index (χ3v) is 4.78. The van der Waals surface area contributed by atoms with Gasteiger partial charge in [-0.05, 0) is 37.5 Å². The summed E-state index contributed by atoms with van der Waals surface area (Å²) in [7, 11) is 0. The molecule has 0 aliphatic rings. The van der Waals surface area contributed by atoms with E-state index in [1.165, 1.54) is 31.5 Å². The Balaban J connectivity index is 1.75. The van der Waals surface area contributed by atoms with Gasteiger partial charge in [-0.2, -0.15) is 0 Å². The molecule has 1 heterocycles. The molecule has 0 aliphatic carbocycles. The van der Waals surface area contributed by atoms with E-state index in [4.69, 9.17) is 16.3 Å². The van der Waals surface area contributed by atoms with Crippen LogP contribution in [0.15, 0.2) is 42.6 Å². The number of carbonyl (C=O) groups excluding carboxylic acids is 3. The van der Waals surface area contributed by atoms with Gasteiger partial charge in [0, 0.05) is 18.2 Å². The molecular weight excluding hydrogens is 404 g/mol. The first-order chi connectivity index (χ1) is 14.4. The number of nitrogens with one attached hydrogen (secondary N) is 1. The van der Waals surface area contributed by atoms with Crippen LogP contribution in [0.3, 0.4) is 0 Å². The van der Waals surface area contributed by atoms with Gasteiger partial charge in [0.2, 0.25) is 0 Å². The maximum atomic E-state index is 12.3. The highest BCUT2D eigenvalue weighted by atomic mass is 35.5. The van der Waals surface area contributed by atoms with Gasteiger partial charge in [-0.3, -0.25) is 14.4 Å². The van der Waals surface area contributed by atoms with Crippen molar-refractivity contribution in [3.8, 4) is 0 Å². The van der Waals surface area contributed by atoms with Crippen LogP contribution in [0.25, 0.3) is 0 Å². The summed E-state index contributed by atoms with van der Waals surface area (Å²) in [5.74, 6) is -0.940. The van der Waals surface area contributed by atoms with Crippen molar-refractivity contribution in [2.75, 3.05) is 5.32 Å². The molecule has 2 rings (SSSR count). The summed E-state index contributed by atoms with van der Waals surface area (Å²) in [4.78, 5) is 40.3. The highest BCUT2D eigenvalue weighted by Gasteiger charge is 2.19. The molecule has 6 nitrogen and oxygen atoms in total. The summed E-state index contributed by atoms with van der Waals surface area (Å²) >= 11 is 5.75. The van der Waals surface area contributed by atoms with Crippen LogP contribution in [0.5, 0.6) is 0 Å². The number of rotatable bonds is 11. The molecule has 0 saturated heterocycles. The van der Waals surface area contributed by atoms with Gasteiger partial charge in [0.05, 0.1) is 11.4 Å². The first kappa shape index (κ1) is 23.5. The van der Waals surface area contributed by atoms with Gasteiger partial charge in [-0.25, -0.2) is 4.98 Å². The van der Waals surface area contributed by atoms with Crippen molar-refractivity contribution in [3.05, 3.63) is 58.7 Å². The number of Topliss-reactive ketones (excluding diaryl/α,β-unsaturated/α-hetero) is 1. The zero-order valence-corrected chi connectivity index (χ0v) is 18.1. The fourth-order valence-electron chi connectivity index (χ4n) is 2.78. The van der Waals surface area contributed by atoms with Gasteiger partial charge in [0.15, 0.2) is 11.9 Å². The SMILES string of the molecule is CCCCCc1ccc(C(=O)CCC(=O)O[C@H](C)C(=O)Nc2ccc(Cl)cn2)cc1. The number of aryl methyl sites for hydroxylation is 1. The predicted octanol–water partition coefficient (Wildman–Crippen LogP) is 5.00. The van der Waals surface area contributed by atoms with Crippen LogP contribution < -0.4 is 5.32 Å². The average Bonchev–Trinajstić information content (AvgIpc) is 2.74. The van der Waals surface area contributed by atoms with E-state index < -0.39 is 18.0 Å². The number of esters is 1. The molecule has 1 aromatic carbocycles. The minimum atomic E-state index is -1.01. The fraction of sp³-hybridized carbons (Fsp3) is 0.391. The zero-order chi connectivity index (χ0) is 21.9. The van der Waals surface area contributed by atoms with Crippen LogP contribution in [0.4, 0.5) is 5.82 Å². The lowest BCUT2D eigenvalue weighted by Crippen LogP contribution is -2.30. The van der Waals surface area contributed by atoms with Gasteiger partial charge >= 0.3 is 5.97 Å². The first-order valence-corrected chi connectivity index (χ1v) is 10.5. The zero-order valence-electron chi connectivity index (χ0n) is 17.3. The Morgan fingerprint density at radius 3 is 2.43 bits per heavy atom. The monoisotopic (exact) mass is 430 g/mol. The lowest BCUT2D eigenvalue weighted by atomic mass is 10.0. The molecule has 0 aliphatic heterocycles. The summed E-state index contributed by atoms with van der Waals surface area (Å²) in [6, 6.07) is 10.6. The molecule has 0 spiro atoms. The van der Waals surface area contributed by atoms with E-state index in [1.54, 1.807) is 24.3 Å². The summed E-state index contributed by atoms with van der Waals surface area (Å²) < 4.78 is 5.11. The number of carbonyl (C=O) groups is 3. The van der Waals surface area contributed by atoms with Crippen LogP contribution in [-0.4, -0.2) is 28.7 Å². The quantitative estimate of drug-likeness (QED) is 0.308. The number of hydrogen-bond acceptors (Lipinski definition) is 5. The molecule has 160 valence electrons. The van der Waals surface area contributed by atoms with Gasteiger partial charge in [-0.15, -0.1) is 0 Å². The van der Waals surface area contributed by atoms with E-state index in [2.05, 4.69) is 17.2 Å². The maximum Gasteiger partial charge on any atom is 0.307 e. The Hall–Kier alpha value is -2.73. The molecule has 0 saturated carbocycles. The second-order valence-corrected chi connectivity index (χ2v) is 7.50. The molecule has 0 fully saturated rings. The van der Waals surface area contributed by atoms with Gasteiger partial charge in [0.25, 0.3) is 5.91 Å². The van der Waals surface area contributed by atoms with Crippen molar-refractivity contribution in [1.82, 2.24) is 4.98 Å². The van der Waals surface area contributed by atoms with E-state index in [0.717, 1.165) is 12.8 Å². The number of unbranched alkanes of at least 4 members (excludes halogenated alkanes) is 2. The molecule has 1 aromatic heterocycles. The number of benzene rings is 1. The standard InChI is InChI=1S/C23H27ClN2O4/c1-3-4-5-6-17-7-9-18(10-8-17)20(27)12-14-22(28)30-16(2)23(29)26-21-13-11-19(24)15-25-21/h7-11,13,15-16H,3-6,12,14H2,1-2H3,(H,25,26,29)/t16-/m1/s1. The molecule has 1 N–H and O–H groups in total. The number of anilines is 1. The number of pyridine rings is 1. The Kier molecular flexibility index (Phi) is 9.48. The normalized spacial score (nSPS) is 11.6. The Morgan fingerprint density at radius 2 is 1.80 bits per heavy atom. The molecule has 0 unspecified atom stereocenters. The van der Waals surface area contributed by atoms with Crippen LogP contribution in [0.2, 0.25) is 5.02 Å². The molecule has 2 aromatic rings. The fourth-order valence-corrected chi connectivity index (χ4v) is 2.90. The summed E-state index contributed by atoms with van der Waals surface area (Å²) in [6.07, 6.45) is 4.83. The average molecular weight is 431 g/mol. The van der Waals surface area contributed by atoms with Crippen molar-refractivity contribution in [2.24, 2.45) is 0 Å². The van der Waals surface area contributed by atoms with Gasteiger partial charge < -0.3 is 10.1 Å². The van der Waals surface area contributed by atoms with E-state index in [9.17, 15) is 14.4 Å². The van der Waals surface area contributed by atoms with Gasteiger partial charge in [0.1, 0.15) is 5.82 Å². The topological polar surface area (TPSA) is 85.4 Å². The smallest absolute Gasteiger partial charge is 0.307 e. The molecule has 0 radical (unpaired) electrons. The summed E-state index contributed by atoms with van der Waals surface area (Å²) in [6.45, 7) is 3.62. The molecule has 1 atom stereocenters. The van der Waals surface area contributed by atoms with Crippen molar-refractivity contribution in [1.29, 1.82) is 0 Å².